The Hall–Kier alpha value is -1.10. The number of aliphatic hydroxyl groups is 1. The lowest BCUT2D eigenvalue weighted by molar-refractivity contribution is 0.163. The summed E-state index contributed by atoms with van der Waals surface area (Å²) >= 11 is 3.69. The van der Waals surface area contributed by atoms with E-state index in [0.29, 0.717) is 12.2 Å². The first-order valence-corrected chi connectivity index (χ1v) is 9.48. The molecule has 0 saturated carbocycles. The van der Waals surface area contributed by atoms with E-state index < -0.39 is 6.10 Å². The van der Waals surface area contributed by atoms with Crippen LogP contribution in [0.4, 0.5) is 0 Å². The van der Waals surface area contributed by atoms with E-state index in [1.807, 2.05) is 72.1 Å². The van der Waals surface area contributed by atoms with Gasteiger partial charge in [-0.15, -0.1) is 23.5 Å². The molecule has 0 unspecified atom stereocenters. The number of hydrogen-bond donors (Lipinski definition) is 2. The van der Waals surface area contributed by atoms with Crippen LogP contribution in [0.1, 0.15) is 30.1 Å². The van der Waals surface area contributed by atoms with Crippen molar-refractivity contribution < 1.29 is 10.2 Å². The Balaban J connectivity index is 1.92. The van der Waals surface area contributed by atoms with Gasteiger partial charge in [-0.25, -0.2) is 0 Å². The average Bonchev–Trinajstić information content (AvgIpc) is 2.57. The molecule has 0 bridgehead atoms. The van der Waals surface area contributed by atoms with Crippen molar-refractivity contribution in [1.82, 2.24) is 0 Å². The summed E-state index contributed by atoms with van der Waals surface area (Å²) in [6, 6.07) is 17.3. The first-order chi connectivity index (χ1) is 10.7. The van der Waals surface area contributed by atoms with Crippen molar-refractivity contribution in [3.63, 3.8) is 0 Å². The van der Waals surface area contributed by atoms with Crippen molar-refractivity contribution in [3.05, 3.63) is 65.7 Å². The largest absolute Gasteiger partial charge is 0.508 e. The number of thioether (sulfide) groups is 2. The molecular formula is C18H20O2S2. The average molecular weight is 332 g/mol. The molecule has 0 aromatic heterocycles. The second-order valence-corrected chi connectivity index (χ2v) is 8.50. The predicted molar refractivity (Wildman–Crippen MR) is 95.3 cm³/mol. The molecule has 2 N–H and O–H groups in total. The van der Waals surface area contributed by atoms with Crippen LogP contribution in [0.2, 0.25) is 0 Å². The smallest absolute Gasteiger partial charge is 0.121 e. The highest BCUT2D eigenvalue weighted by Gasteiger charge is 2.39. The first-order valence-electron chi connectivity index (χ1n) is 7.51. The van der Waals surface area contributed by atoms with E-state index in [0.717, 1.165) is 22.6 Å². The van der Waals surface area contributed by atoms with Gasteiger partial charge in [-0.1, -0.05) is 48.5 Å². The monoisotopic (exact) mass is 332 g/mol. The number of aliphatic hydroxyl groups excluding tert-OH is 1. The second-order valence-electron chi connectivity index (χ2n) is 5.45. The molecule has 1 aliphatic rings. The quantitative estimate of drug-likeness (QED) is 0.862. The van der Waals surface area contributed by atoms with Crippen LogP contribution in [0.15, 0.2) is 54.6 Å². The Kier molecular flexibility index (Phi) is 5.01. The molecule has 1 atom stereocenters. The van der Waals surface area contributed by atoms with Crippen molar-refractivity contribution in [3.8, 4) is 5.75 Å². The van der Waals surface area contributed by atoms with Crippen LogP contribution in [-0.4, -0.2) is 21.7 Å². The lowest BCUT2D eigenvalue weighted by atomic mass is 9.99. The number of rotatable bonds is 4. The molecule has 1 aliphatic heterocycles. The SMILES string of the molecule is Oc1ccccc1C1(C[C@H](O)c2ccccc2)SCCCS1. The Labute approximate surface area is 140 Å². The zero-order valence-corrected chi connectivity index (χ0v) is 13.9. The first kappa shape index (κ1) is 15.8. The molecule has 0 amide bonds. The summed E-state index contributed by atoms with van der Waals surface area (Å²) in [5.74, 6) is 2.44. The predicted octanol–water partition coefficient (Wildman–Crippen LogP) is 4.54. The second kappa shape index (κ2) is 6.99. The minimum Gasteiger partial charge on any atom is -0.508 e. The fourth-order valence-corrected chi connectivity index (χ4v) is 6.26. The highest BCUT2D eigenvalue weighted by Crippen LogP contribution is 2.56. The summed E-state index contributed by atoms with van der Waals surface area (Å²) in [6.07, 6.45) is 1.25. The van der Waals surface area contributed by atoms with Crippen LogP contribution in [0.3, 0.4) is 0 Å². The zero-order chi connectivity index (χ0) is 15.4. The van der Waals surface area contributed by atoms with Crippen molar-refractivity contribution in [2.75, 3.05) is 11.5 Å². The molecule has 1 saturated heterocycles. The van der Waals surface area contributed by atoms with E-state index in [4.69, 9.17) is 0 Å². The number of para-hydroxylation sites is 1. The van der Waals surface area contributed by atoms with Gasteiger partial charge in [0.1, 0.15) is 5.75 Å². The number of aromatic hydroxyl groups is 1. The third-order valence-electron chi connectivity index (χ3n) is 3.92. The number of phenols is 1. The van der Waals surface area contributed by atoms with E-state index in [9.17, 15) is 10.2 Å². The molecule has 2 aromatic rings. The molecule has 22 heavy (non-hydrogen) atoms. The minimum absolute atomic E-state index is 0.279. The molecule has 0 aliphatic carbocycles. The summed E-state index contributed by atoms with van der Waals surface area (Å²) in [6.45, 7) is 0. The molecule has 116 valence electrons. The number of phenolic OH excluding ortho intramolecular Hbond substituents is 1. The maximum absolute atomic E-state index is 10.7. The van der Waals surface area contributed by atoms with E-state index >= 15 is 0 Å². The number of hydrogen-bond acceptors (Lipinski definition) is 4. The lowest BCUT2D eigenvalue weighted by Gasteiger charge is -2.38. The number of benzene rings is 2. The molecule has 0 radical (unpaired) electrons. The molecule has 4 heteroatoms. The van der Waals surface area contributed by atoms with Crippen molar-refractivity contribution in [2.45, 2.75) is 23.0 Å². The fraction of sp³-hybridized carbons (Fsp3) is 0.333. The summed E-state index contributed by atoms with van der Waals surface area (Å²) in [4.78, 5) is 0. The van der Waals surface area contributed by atoms with Gasteiger partial charge in [0.2, 0.25) is 0 Å². The van der Waals surface area contributed by atoms with Gasteiger partial charge >= 0.3 is 0 Å². The van der Waals surface area contributed by atoms with Crippen LogP contribution in [0.25, 0.3) is 0 Å². The summed E-state index contributed by atoms with van der Waals surface area (Å²) in [5.41, 5.74) is 1.86. The Bertz CT molecular complexity index is 609. The van der Waals surface area contributed by atoms with Gasteiger partial charge in [-0.2, -0.15) is 0 Å². The molecule has 2 nitrogen and oxygen atoms in total. The third kappa shape index (κ3) is 3.29. The van der Waals surface area contributed by atoms with Gasteiger partial charge in [0, 0.05) is 12.0 Å². The van der Waals surface area contributed by atoms with Crippen LogP contribution in [0, 0.1) is 0 Å². The Morgan fingerprint density at radius 3 is 2.27 bits per heavy atom. The highest BCUT2D eigenvalue weighted by atomic mass is 32.2. The van der Waals surface area contributed by atoms with Gasteiger partial charge in [0.15, 0.2) is 0 Å². The van der Waals surface area contributed by atoms with Crippen molar-refractivity contribution in [1.29, 1.82) is 0 Å². The van der Waals surface area contributed by atoms with Crippen LogP contribution >= 0.6 is 23.5 Å². The Morgan fingerprint density at radius 1 is 0.955 bits per heavy atom. The van der Waals surface area contributed by atoms with Gasteiger partial charge in [0.05, 0.1) is 10.2 Å². The Morgan fingerprint density at radius 2 is 1.59 bits per heavy atom. The normalized spacial score (nSPS) is 18.8. The van der Waals surface area contributed by atoms with Crippen LogP contribution in [-0.2, 0) is 4.08 Å². The standard InChI is InChI=1S/C18H20O2S2/c19-16-10-5-4-9-15(16)18(21-11-6-12-22-18)13-17(20)14-7-2-1-3-8-14/h1-5,7-10,17,19-20H,6,11-13H2/t17-/m0/s1. The van der Waals surface area contributed by atoms with E-state index in [1.165, 1.54) is 6.42 Å². The lowest BCUT2D eigenvalue weighted by Crippen LogP contribution is -2.25. The van der Waals surface area contributed by atoms with Gasteiger partial charge in [-0.05, 0) is 29.6 Å². The van der Waals surface area contributed by atoms with E-state index in [-0.39, 0.29) is 4.08 Å². The maximum Gasteiger partial charge on any atom is 0.121 e. The molecule has 1 fully saturated rings. The highest BCUT2D eigenvalue weighted by molar-refractivity contribution is 8.18. The molecule has 0 spiro atoms. The fourth-order valence-electron chi connectivity index (χ4n) is 2.80. The zero-order valence-electron chi connectivity index (χ0n) is 12.3. The van der Waals surface area contributed by atoms with Gasteiger partial charge in [-0.3, -0.25) is 0 Å². The third-order valence-corrected chi connectivity index (χ3v) is 7.32. The summed E-state index contributed by atoms with van der Waals surface area (Å²) in [5, 5.41) is 21.0. The topological polar surface area (TPSA) is 40.5 Å². The van der Waals surface area contributed by atoms with Gasteiger partial charge in [0.25, 0.3) is 0 Å². The van der Waals surface area contributed by atoms with Crippen molar-refractivity contribution >= 4 is 23.5 Å². The van der Waals surface area contributed by atoms with E-state index in [1.54, 1.807) is 6.07 Å². The van der Waals surface area contributed by atoms with Crippen molar-refractivity contribution in [2.24, 2.45) is 0 Å². The van der Waals surface area contributed by atoms with Gasteiger partial charge < -0.3 is 10.2 Å². The minimum atomic E-state index is -0.529. The van der Waals surface area contributed by atoms with Crippen LogP contribution in [0.5, 0.6) is 5.75 Å². The van der Waals surface area contributed by atoms with Crippen LogP contribution < -0.4 is 0 Å². The molecule has 2 aromatic carbocycles. The maximum atomic E-state index is 10.7. The molecular weight excluding hydrogens is 312 g/mol. The summed E-state index contributed by atoms with van der Waals surface area (Å²) < 4.78 is -0.279. The molecule has 3 rings (SSSR count). The van der Waals surface area contributed by atoms with E-state index in [2.05, 4.69) is 0 Å². The summed E-state index contributed by atoms with van der Waals surface area (Å²) in [7, 11) is 0. The molecule has 1 heterocycles.